The van der Waals surface area contributed by atoms with Gasteiger partial charge in [0.1, 0.15) is 0 Å². The van der Waals surface area contributed by atoms with E-state index >= 15 is 0 Å². The van der Waals surface area contributed by atoms with E-state index in [1.165, 1.54) is 4.68 Å². The van der Waals surface area contributed by atoms with Crippen LogP contribution in [0.15, 0.2) is 19.0 Å². The first-order chi connectivity index (χ1) is 5.33. The van der Waals surface area contributed by atoms with Crippen LogP contribution in [0.1, 0.15) is 6.92 Å². The molecule has 0 N–H and O–H groups in total. The zero-order valence-electron chi connectivity index (χ0n) is 6.47. The second-order valence-corrected chi connectivity index (χ2v) is 2.21. The van der Waals surface area contributed by atoms with E-state index < -0.39 is 0 Å². The third-order valence-corrected chi connectivity index (χ3v) is 1.13. The Labute approximate surface area is 65.5 Å². The number of epoxide rings is 1. The van der Waals surface area contributed by atoms with Gasteiger partial charge in [-0.3, -0.25) is 0 Å². The minimum atomic E-state index is 0.583. The van der Waals surface area contributed by atoms with Gasteiger partial charge in [-0.25, -0.2) is 4.68 Å². The Hall–Kier alpha value is -1.16. The van der Waals surface area contributed by atoms with E-state index in [0.29, 0.717) is 6.10 Å². The van der Waals surface area contributed by atoms with Gasteiger partial charge >= 0.3 is 0 Å². The lowest BCUT2D eigenvalue weighted by Crippen LogP contribution is -1.83. The molecule has 60 valence electrons. The summed E-state index contributed by atoms with van der Waals surface area (Å²) in [5.41, 5.74) is 0. The molecule has 0 saturated carbocycles. The van der Waals surface area contributed by atoms with Crippen LogP contribution in [0.2, 0.25) is 0 Å². The lowest BCUT2D eigenvalue weighted by atomic mass is 10.6. The molecule has 0 radical (unpaired) electrons. The fourth-order valence-electron chi connectivity index (χ4n) is 0.411. The minimum Gasteiger partial charge on any atom is -0.373 e. The van der Waals surface area contributed by atoms with Crippen molar-refractivity contribution < 1.29 is 4.74 Å². The number of aromatic nitrogens is 3. The molecule has 1 fully saturated rings. The van der Waals surface area contributed by atoms with Crippen molar-refractivity contribution in [2.45, 2.75) is 13.0 Å². The highest BCUT2D eigenvalue weighted by Gasteiger charge is 2.13. The summed E-state index contributed by atoms with van der Waals surface area (Å²) >= 11 is 0. The Bertz CT molecular complexity index is 203. The summed E-state index contributed by atoms with van der Waals surface area (Å²) in [5.74, 6) is 0. The van der Waals surface area contributed by atoms with Gasteiger partial charge in [0.2, 0.25) is 0 Å². The zero-order valence-corrected chi connectivity index (χ0v) is 6.47. The van der Waals surface area contributed by atoms with Gasteiger partial charge in [0.25, 0.3) is 0 Å². The predicted octanol–water partition coefficient (Wildman–Crippen LogP) is 0.784. The Morgan fingerprint density at radius 2 is 2.45 bits per heavy atom. The molecule has 0 amide bonds. The molecule has 4 nitrogen and oxygen atoms in total. The number of hydrogen-bond donors (Lipinski definition) is 0. The van der Waals surface area contributed by atoms with Gasteiger partial charge in [-0.1, -0.05) is 11.8 Å². The van der Waals surface area contributed by atoms with Crippen molar-refractivity contribution >= 4 is 6.20 Å². The Morgan fingerprint density at radius 3 is 2.64 bits per heavy atom. The van der Waals surface area contributed by atoms with Crippen molar-refractivity contribution in [3.8, 4) is 0 Å². The summed E-state index contributed by atoms with van der Waals surface area (Å²) < 4.78 is 6.24. The first-order valence-electron chi connectivity index (χ1n) is 3.43. The molecule has 1 atom stereocenters. The average Bonchev–Trinajstić information content (AvgIpc) is 2.66. The van der Waals surface area contributed by atoms with Crippen LogP contribution in [-0.4, -0.2) is 27.7 Å². The van der Waals surface area contributed by atoms with Crippen LogP contribution in [0.4, 0.5) is 0 Å². The molecule has 2 heterocycles. The molecule has 0 spiro atoms. The van der Waals surface area contributed by atoms with Crippen molar-refractivity contribution in [3.05, 3.63) is 19.0 Å². The Kier molecular flexibility index (Phi) is 2.80. The van der Waals surface area contributed by atoms with Crippen LogP contribution in [-0.2, 0) is 4.74 Å². The van der Waals surface area contributed by atoms with E-state index in [-0.39, 0.29) is 0 Å². The molecule has 1 aliphatic heterocycles. The van der Waals surface area contributed by atoms with Gasteiger partial charge < -0.3 is 4.74 Å². The van der Waals surface area contributed by atoms with Crippen LogP contribution in [0.5, 0.6) is 0 Å². The Morgan fingerprint density at radius 1 is 1.82 bits per heavy atom. The van der Waals surface area contributed by atoms with Crippen molar-refractivity contribution in [2.75, 3.05) is 6.61 Å². The largest absolute Gasteiger partial charge is 0.373 e. The van der Waals surface area contributed by atoms with Crippen molar-refractivity contribution in [2.24, 2.45) is 0 Å². The second kappa shape index (κ2) is 3.88. The van der Waals surface area contributed by atoms with E-state index in [0.717, 1.165) is 6.61 Å². The first kappa shape index (κ1) is 7.94. The normalized spacial score (nSPS) is 19.9. The summed E-state index contributed by atoms with van der Waals surface area (Å²) in [6, 6.07) is 0. The number of nitrogens with zero attached hydrogens (tertiary/aromatic N) is 3. The van der Waals surface area contributed by atoms with Crippen molar-refractivity contribution in [1.82, 2.24) is 15.0 Å². The number of ether oxygens (including phenoxy) is 1. The summed E-state index contributed by atoms with van der Waals surface area (Å²) in [7, 11) is 0. The van der Waals surface area contributed by atoms with Crippen LogP contribution < -0.4 is 0 Å². The number of rotatable bonds is 1. The minimum absolute atomic E-state index is 0.583. The van der Waals surface area contributed by atoms with Crippen LogP contribution in [0, 0.1) is 0 Å². The van der Waals surface area contributed by atoms with E-state index in [1.54, 1.807) is 18.6 Å². The van der Waals surface area contributed by atoms with Gasteiger partial charge in [0.15, 0.2) is 0 Å². The lowest BCUT2D eigenvalue weighted by Gasteiger charge is -1.78. The maximum atomic E-state index is 4.71. The molecule has 1 aromatic heterocycles. The molecule has 1 unspecified atom stereocenters. The maximum absolute atomic E-state index is 4.71. The second-order valence-electron chi connectivity index (χ2n) is 2.21. The summed E-state index contributed by atoms with van der Waals surface area (Å²) in [4.78, 5) is 0. The lowest BCUT2D eigenvalue weighted by molar-refractivity contribution is 0.423. The third kappa shape index (κ3) is 3.52. The molecule has 4 heteroatoms. The summed E-state index contributed by atoms with van der Waals surface area (Å²) in [6.45, 7) is 6.51. The molecule has 1 aromatic rings. The Balaban J connectivity index is 0.000000128. The molecule has 1 saturated heterocycles. The molecular formula is C7H11N3O. The number of hydrogen-bond acceptors (Lipinski definition) is 3. The molecule has 11 heavy (non-hydrogen) atoms. The van der Waals surface area contributed by atoms with Gasteiger partial charge in [-0.15, -0.1) is 5.10 Å². The monoisotopic (exact) mass is 153 g/mol. The molecular weight excluding hydrogens is 142 g/mol. The molecule has 0 aromatic carbocycles. The highest BCUT2D eigenvalue weighted by atomic mass is 16.6. The quantitative estimate of drug-likeness (QED) is 0.560. The standard InChI is InChI=1S/C4H5N3.C3H6O/c1-2-7-4-3-5-6-7;1-3-2-4-3/h2-4H,1H2;3H,2H2,1H3. The van der Waals surface area contributed by atoms with Gasteiger partial charge in [-0.2, -0.15) is 0 Å². The van der Waals surface area contributed by atoms with Crippen LogP contribution in [0.25, 0.3) is 6.20 Å². The van der Waals surface area contributed by atoms with E-state index in [4.69, 9.17) is 4.74 Å². The fourth-order valence-corrected chi connectivity index (χ4v) is 0.411. The van der Waals surface area contributed by atoms with E-state index in [9.17, 15) is 0 Å². The zero-order chi connectivity index (χ0) is 8.10. The van der Waals surface area contributed by atoms with E-state index in [2.05, 4.69) is 23.8 Å². The van der Waals surface area contributed by atoms with Crippen LogP contribution >= 0.6 is 0 Å². The predicted molar refractivity (Wildman–Crippen MR) is 41.8 cm³/mol. The molecule has 2 rings (SSSR count). The first-order valence-corrected chi connectivity index (χ1v) is 3.43. The summed E-state index contributed by atoms with van der Waals surface area (Å²) in [5, 5.41) is 7.12. The SMILES string of the molecule is C=Cn1ccnn1.CC1CO1. The molecule has 1 aliphatic rings. The highest BCUT2D eigenvalue weighted by molar-refractivity contribution is 5.10. The molecule has 0 aliphatic carbocycles. The van der Waals surface area contributed by atoms with Gasteiger partial charge in [-0.05, 0) is 6.92 Å². The fraction of sp³-hybridized carbons (Fsp3) is 0.429. The summed E-state index contributed by atoms with van der Waals surface area (Å²) in [6.07, 6.45) is 5.47. The topological polar surface area (TPSA) is 43.2 Å². The van der Waals surface area contributed by atoms with Gasteiger partial charge in [0, 0.05) is 6.20 Å². The van der Waals surface area contributed by atoms with Crippen molar-refractivity contribution in [1.29, 1.82) is 0 Å². The highest BCUT2D eigenvalue weighted by Crippen LogP contribution is 2.04. The van der Waals surface area contributed by atoms with Gasteiger partial charge in [0.05, 0.1) is 25.1 Å². The smallest absolute Gasteiger partial charge is 0.0781 e. The molecule has 0 bridgehead atoms. The maximum Gasteiger partial charge on any atom is 0.0781 e. The average molecular weight is 153 g/mol. The van der Waals surface area contributed by atoms with Crippen LogP contribution in [0.3, 0.4) is 0 Å². The van der Waals surface area contributed by atoms with E-state index in [1.807, 2.05) is 0 Å². The van der Waals surface area contributed by atoms with Crippen molar-refractivity contribution in [3.63, 3.8) is 0 Å². The third-order valence-electron chi connectivity index (χ3n) is 1.13.